The number of carbonyl (C=O) groups is 1. The number of hydrogen-bond acceptors (Lipinski definition) is 3. The number of carboxylic acids is 1. The van der Waals surface area contributed by atoms with E-state index in [-0.39, 0.29) is 6.04 Å². The van der Waals surface area contributed by atoms with Gasteiger partial charge in [-0.05, 0) is 12.8 Å². The summed E-state index contributed by atoms with van der Waals surface area (Å²) in [4.78, 5) is 10.6. The molecule has 1 rings (SSSR count). The van der Waals surface area contributed by atoms with Crippen LogP contribution in [0.4, 0.5) is 0 Å². The van der Waals surface area contributed by atoms with Gasteiger partial charge in [-0.3, -0.25) is 4.79 Å². The lowest BCUT2D eigenvalue weighted by Gasteiger charge is -2.18. The van der Waals surface area contributed by atoms with E-state index < -0.39 is 5.97 Å². The molecule has 4 heteroatoms. The molecule has 0 aromatic rings. The lowest BCUT2D eigenvalue weighted by atomic mass is 10.2. The minimum Gasteiger partial charge on any atom is -0.480 e. The van der Waals surface area contributed by atoms with Crippen LogP contribution >= 0.6 is 11.9 Å². The van der Waals surface area contributed by atoms with E-state index >= 15 is 0 Å². The molecule has 0 bridgehead atoms. The summed E-state index contributed by atoms with van der Waals surface area (Å²) in [6.45, 7) is 2.97. The van der Waals surface area contributed by atoms with Gasteiger partial charge in [0.25, 0.3) is 0 Å². The number of carboxylic acid groups (broad SMARTS) is 1. The van der Waals surface area contributed by atoms with Crippen LogP contribution in [0.1, 0.15) is 19.8 Å². The molecule has 11 heavy (non-hydrogen) atoms. The van der Waals surface area contributed by atoms with Crippen molar-refractivity contribution in [2.24, 2.45) is 0 Å². The van der Waals surface area contributed by atoms with Gasteiger partial charge in [-0.15, -0.1) is 0 Å². The van der Waals surface area contributed by atoms with E-state index in [1.807, 2.05) is 11.2 Å². The topological polar surface area (TPSA) is 40.5 Å². The van der Waals surface area contributed by atoms with E-state index in [9.17, 15) is 4.79 Å². The molecule has 1 saturated heterocycles. The van der Waals surface area contributed by atoms with Crippen LogP contribution in [0.5, 0.6) is 0 Å². The van der Waals surface area contributed by atoms with Crippen LogP contribution in [0, 0.1) is 0 Å². The van der Waals surface area contributed by atoms with E-state index in [4.69, 9.17) is 5.11 Å². The Balaban J connectivity index is 2.44. The van der Waals surface area contributed by atoms with Gasteiger partial charge in [-0.2, -0.15) is 0 Å². The third kappa shape index (κ3) is 2.10. The van der Waals surface area contributed by atoms with Crippen molar-refractivity contribution >= 4 is 17.9 Å². The highest BCUT2D eigenvalue weighted by atomic mass is 32.2. The monoisotopic (exact) mass is 175 g/mol. The maximum absolute atomic E-state index is 10.6. The minimum absolute atomic E-state index is 0.236. The Morgan fingerprint density at radius 3 is 3.09 bits per heavy atom. The molecule has 0 saturated carbocycles. The zero-order valence-corrected chi connectivity index (χ0v) is 7.43. The van der Waals surface area contributed by atoms with Crippen LogP contribution < -0.4 is 0 Å². The van der Waals surface area contributed by atoms with Crippen molar-refractivity contribution < 1.29 is 9.90 Å². The maximum Gasteiger partial charge on any atom is 0.321 e. The van der Waals surface area contributed by atoms with Crippen LogP contribution in [0.15, 0.2) is 0 Å². The summed E-state index contributed by atoms with van der Waals surface area (Å²) in [5.41, 5.74) is 0. The summed E-state index contributed by atoms with van der Waals surface area (Å²) in [5.74, 6) is 0.285. The summed E-state index contributed by atoms with van der Waals surface area (Å²) in [6, 6.07) is -0.236. The van der Waals surface area contributed by atoms with Crippen molar-refractivity contribution in [1.29, 1.82) is 0 Å². The van der Waals surface area contributed by atoms with Crippen LogP contribution in [-0.2, 0) is 4.79 Å². The van der Waals surface area contributed by atoms with Crippen LogP contribution in [0.2, 0.25) is 0 Å². The molecular weight excluding hydrogens is 162 g/mol. The van der Waals surface area contributed by atoms with Gasteiger partial charge >= 0.3 is 5.97 Å². The van der Waals surface area contributed by atoms with E-state index in [0.717, 1.165) is 25.1 Å². The molecule has 1 aliphatic heterocycles. The molecule has 0 aromatic carbocycles. The van der Waals surface area contributed by atoms with E-state index in [1.54, 1.807) is 11.9 Å². The lowest BCUT2D eigenvalue weighted by Crippen LogP contribution is -2.30. The molecular formula is C7H13NO2S. The second-order valence-electron chi connectivity index (χ2n) is 2.55. The Bertz CT molecular complexity index is 151. The molecule has 64 valence electrons. The van der Waals surface area contributed by atoms with Crippen molar-refractivity contribution in [2.75, 3.05) is 12.3 Å². The molecule has 1 fully saturated rings. The van der Waals surface area contributed by atoms with Gasteiger partial charge in [0, 0.05) is 12.3 Å². The summed E-state index contributed by atoms with van der Waals surface area (Å²) in [7, 11) is 0. The van der Waals surface area contributed by atoms with Gasteiger partial charge in [0.1, 0.15) is 6.04 Å². The molecule has 0 unspecified atom stereocenters. The molecule has 1 heterocycles. The van der Waals surface area contributed by atoms with Crippen molar-refractivity contribution in [2.45, 2.75) is 25.8 Å². The largest absolute Gasteiger partial charge is 0.480 e. The van der Waals surface area contributed by atoms with E-state index in [1.165, 1.54) is 0 Å². The summed E-state index contributed by atoms with van der Waals surface area (Å²) < 4.78 is 1.97. The second kappa shape index (κ2) is 3.97. The summed E-state index contributed by atoms with van der Waals surface area (Å²) >= 11 is 1.63. The summed E-state index contributed by atoms with van der Waals surface area (Å²) in [5, 5.41) is 8.76. The normalized spacial score (nSPS) is 25.7. The molecule has 1 aliphatic rings. The minimum atomic E-state index is -0.677. The predicted octanol–water partition coefficient (Wildman–Crippen LogP) is 1.20. The first-order valence-corrected chi connectivity index (χ1v) is 4.82. The highest BCUT2D eigenvalue weighted by Gasteiger charge is 2.30. The fourth-order valence-electron chi connectivity index (χ4n) is 1.31. The highest BCUT2D eigenvalue weighted by molar-refractivity contribution is 7.97. The Morgan fingerprint density at radius 1 is 1.82 bits per heavy atom. The first kappa shape index (κ1) is 8.87. The summed E-state index contributed by atoms with van der Waals surface area (Å²) in [6.07, 6.45) is 1.83. The first-order valence-electron chi connectivity index (χ1n) is 3.88. The average molecular weight is 175 g/mol. The molecule has 0 amide bonds. The highest BCUT2D eigenvalue weighted by Crippen LogP contribution is 2.24. The number of hydrogen-bond donors (Lipinski definition) is 1. The van der Waals surface area contributed by atoms with Crippen molar-refractivity contribution in [3.63, 3.8) is 0 Å². The van der Waals surface area contributed by atoms with Crippen molar-refractivity contribution in [1.82, 2.24) is 4.31 Å². The molecule has 0 spiro atoms. The van der Waals surface area contributed by atoms with Crippen LogP contribution in [-0.4, -0.2) is 33.7 Å². The van der Waals surface area contributed by atoms with Gasteiger partial charge in [-0.25, -0.2) is 4.31 Å². The lowest BCUT2D eigenvalue weighted by molar-refractivity contribution is -0.140. The fraction of sp³-hybridized carbons (Fsp3) is 0.857. The van der Waals surface area contributed by atoms with Crippen molar-refractivity contribution in [3.05, 3.63) is 0 Å². The molecule has 3 nitrogen and oxygen atoms in total. The predicted molar refractivity (Wildman–Crippen MR) is 45.5 cm³/mol. The third-order valence-electron chi connectivity index (χ3n) is 1.78. The van der Waals surface area contributed by atoms with Crippen LogP contribution in [0.3, 0.4) is 0 Å². The Kier molecular flexibility index (Phi) is 3.20. The Labute approximate surface area is 70.9 Å². The van der Waals surface area contributed by atoms with Gasteiger partial charge in [-0.1, -0.05) is 18.9 Å². The van der Waals surface area contributed by atoms with Gasteiger partial charge < -0.3 is 5.11 Å². The molecule has 0 aromatic heterocycles. The number of rotatable bonds is 3. The molecule has 1 atom stereocenters. The Morgan fingerprint density at radius 2 is 2.55 bits per heavy atom. The average Bonchev–Trinajstić information content (AvgIpc) is 2.36. The second-order valence-corrected chi connectivity index (χ2v) is 3.86. The Hall–Kier alpha value is -0.220. The maximum atomic E-state index is 10.6. The van der Waals surface area contributed by atoms with Gasteiger partial charge in [0.15, 0.2) is 0 Å². The van der Waals surface area contributed by atoms with E-state index in [0.29, 0.717) is 0 Å². The van der Waals surface area contributed by atoms with Gasteiger partial charge in [0.2, 0.25) is 0 Å². The van der Waals surface area contributed by atoms with E-state index in [2.05, 4.69) is 0 Å². The van der Waals surface area contributed by atoms with Gasteiger partial charge in [0.05, 0.1) is 0 Å². The molecule has 1 N–H and O–H groups in total. The smallest absolute Gasteiger partial charge is 0.321 e. The quantitative estimate of drug-likeness (QED) is 0.654. The first-order chi connectivity index (χ1) is 5.25. The van der Waals surface area contributed by atoms with Crippen molar-refractivity contribution in [3.8, 4) is 0 Å². The third-order valence-corrected chi connectivity index (χ3v) is 2.81. The zero-order valence-electron chi connectivity index (χ0n) is 6.62. The van der Waals surface area contributed by atoms with Crippen LogP contribution in [0.25, 0.3) is 0 Å². The fourth-order valence-corrected chi connectivity index (χ4v) is 2.27. The SMILES string of the molecule is CCSN1CCC[C@H]1C(=O)O. The number of nitrogens with zero attached hydrogens (tertiary/aromatic N) is 1. The zero-order chi connectivity index (χ0) is 8.27. The molecule has 0 radical (unpaired) electrons. The molecule has 0 aliphatic carbocycles. The standard InChI is InChI=1S/C7H13NO2S/c1-2-11-8-5-3-4-6(8)7(9)10/h6H,2-5H2,1H3,(H,9,10)/t6-/m0/s1. The number of aliphatic carboxylic acids is 1.